The van der Waals surface area contributed by atoms with E-state index in [2.05, 4.69) is 18.8 Å². The molecule has 4 heteroatoms. The zero-order valence-corrected chi connectivity index (χ0v) is 9.25. The van der Waals surface area contributed by atoms with Crippen molar-refractivity contribution < 1.29 is 4.74 Å². The second-order valence-corrected chi connectivity index (χ2v) is 3.92. The van der Waals surface area contributed by atoms with E-state index in [0.29, 0.717) is 24.8 Å². The molecule has 0 fully saturated rings. The average molecular weight is 210 g/mol. The molecule has 0 aliphatic rings. The van der Waals surface area contributed by atoms with Gasteiger partial charge in [0.25, 0.3) is 0 Å². The van der Waals surface area contributed by atoms with Gasteiger partial charge in [-0.3, -0.25) is 4.79 Å². The minimum Gasteiger partial charge on any atom is -0.488 e. The van der Waals surface area contributed by atoms with Crippen LogP contribution < -0.4 is 15.9 Å². The molecule has 0 unspecified atom stereocenters. The maximum atomic E-state index is 11.5. The number of hydrogen-bond donors (Lipinski definition) is 2. The number of aromatic nitrogens is 1. The third-order valence-corrected chi connectivity index (χ3v) is 2.11. The van der Waals surface area contributed by atoms with Crippen LogP contribution in [0.3, 0.4) is 0 Å². The molecule has 0 aliphatic heterocycles. The molecule has 0 amide bonds. The molecule has 0 spiro atoms. The number of H-pyrrole nitrogens is 1. The van der Waals surface area contributed by atoms with E-state index in [1.807, 2.05) is 0 Å². The topological polar surface area (TPSA) is 68.1 Å². The highest BCUT2D eigenvalue weighted by Gasteiger charge is 2.02. The summed E-state index contributed by atoms with van der Waals surface area (Å²) in [6, 6.07) is 1.48. The van der Waals surface area contributed by atoms with Crippen LogP contribution in [-0.2, 0) is 6.54 Å². The number of pyridine rings is 1. The number of hydrogen-bond acceptors (Lipinski definition) is 3. The summed E-state index contributed by atoms with van der Waals surface area (Å²) in [5, 5.41) is 0. The molecule has 0 aliphatic carbocycles. The quantitative estimate of drug-likeness (QED) is 0.768. The Morgan fingerprint density at radius 3 is 2.80 bits per heavy atom. The molecule has 0 bridgehead atoms. The fourth-order valence-corrected chi connectivity index (χ4v) is 1.14. The second kappa shape index (κ2) is 5.56. The van der Waals surface area contributed by atoms with Gasteiger partial charge < -0.3 is 15.5 Å². The summed E-state index contributed by atoms with van der Waals surface area (Å²) in [5.41, 5.74) is 6.00. The third-order valence-electron chi connectivity index (χ3n) is 2.11. The molecule has 1 aromatic heterocycles. The van der Waals surface area contributed by atoms with Gasteiger partial charge in [-0.25, -0.2) is 0 Å². The van der Waals surface area contributed by atoms with Gasteiger partial charge >= 0.3 is 0 Å². The molecule has 4 nitrogen and oxygen atoms in total. The summed E-state index contributed by atoms with van der Waals surface area (Å²) < 4.78 is 5.36. The third kappa shape index (κ3) is 3.75. The molecule has 84 valence electrons. The molecule has 1 rings (SSSR count). The van der Waals surface area contributed by atoms with Crippen LogP contribution in [0.1, 0.15) is 26.0 Å². The highest BCUT2D eigenvalue weighted by atomic mass is 16.5. The Morgan fingerprint density at radius 1 is 1.53 bits per heavy atom. The predicted molar refractivity (Wildman–Crippen MR) is 59.9 cm³/mol. The smallest absolute Gasteiger partial charge is 0.223 e. The lowest BCUT2D eigenvalue weighted by Gasteiger charge is -2.07. The normalized spacial score (nSPS) is 10.7. The van der Waals surface area contributed by atoms with Crippen LogP contribution in [0.25, 0.3) is 0 Å². The van der Waals surface area contributed by atoms with E-state index < -0.39 is 0 Å². The van der Waals surface area contributed by atoms with Crippen LogP contribution in [0.4, 0.5) is 0 Å². The molecule has 0 atom stereocenters. The Morgan fingerprint density at radius 2 is 2.27 bits per heavy atom. The van der Waals surface area contributed by atoms with Gasteiger partial charge in [0.2, 0.25) is 5.43 Å². The van der Waals surface area contributed by atoms with E-state index in [4.69, 9.17) is 10.5 Å². The molecule has 1 aromatic rings. The lowest BCUT2D eigenvalue weighted by Crippen LogP contribution is -2.12. The summed E-state index contributed by atoms with van der Waals surface area (Å²) in [6.45, 7) is 5.14. The van der Waals surface area contributed by atoms with Crippen molar-refractivity contribution in [2.75, 3.05) is 6.61 Å². The Hall–Kier alpha value is -1.29. The van der Waals surface area contributed by atoms with E-state index >= 15 is 0 Å². The highest BCUT2D eigenvalue weighted by molar-refractivity contribution is 5.20. The van der Waals surface area contributed by atoms with Crippen molar-refractivity contribution in [1.82, 2.24) is 4.98 Å². The fraction of sp³-hybridized carbons (Fsp3) is 0.545. The number of aromatic amines is 1. The van der Waals surface area contributed by atoms with Gasteiger partial charge in [0.15, 0.2) is 5.75 Å². The van der Waals surface area contributed by atoms with Gasteiger partial charge in [0.1, 0.15) is 0 Å². The Kier molecular flexibility index (Phi) is 4.37. The molecular formula is C11H18N2O2. The van der Waals surface area contributed by atoms with Crippen molar-refractivity contribution in [3.05, 3.63) is 28.2 Å². The van der Waals surface area contributed by atoms with Crippen molar-refractivity contribution in [3.63, 3.8) is 0 Å². The summed E-state index contributed by atoms with van der Waals surface area (Å²) in [7, 11) is 0. The molecule has 0 saturated carbocycles. The molecule has 3 N–H and O–H groups in total. The summed E-state index contributed by atoms with van der Waals surface area (Å²) in [4.78, 5) is 14.4. The van der Waals surface area contributed by atoms with Crippen LogP contribution in [0.2, 0.25) is 0 Å². The second-order valence-electron chi connectivity index (χ2n) is 3.92. The number of rotatable bonds is 5. The SMILES string of the molecule is CC(C)CCOc1c[nH]c(CN)cc1=O. The van der Waals surface area contributed by atoms with E-state index in [-0.39, 0.29) is 5.43 Å². The van der Waals surface area contributed by atoms with Crippen LogP contribution in [0.15, 0.2) is 17.1 Å². The van der Waals surface area contributed by atoms with E-state index in [9.17, 15) is 4.79 Å². The van der Waals surface area contributed by atoms with Gasteiger partial charge in [0.05, 0.1) is 6.61 Å². The molecule has 0 saturated heterocycles. The van der Waals surface area contributed by atoms with E-state index in [1.165, 1.54) is 6.07 Å². The highest BCUT2D eigenvalue weighted by Crippen LogP contribution is 2.05. The molecular weight excluding hydrogens is 192 g/mol. The van der Waals surface area contributed by atoms with Crippen molar-refractivity contribution in [2.45, 2.75) is 26.8 Å². The first-order valence-corrected chi connectivity index (χ1v) is 5.18. The number of nitrogens with two attached hydrogens (primary N) is 1. The summed E-state index contributed by atoms with van der Waals surface area (Å²) >= 11 is 0. The Balaban J connectivity index is 2.58. The minimum atomic E-state index is -0.113. The lowest BCUT2D eigenvalue weighted by atomic mass is 10.1. The van der Waals surface area contributed by atoms with Gasteiger partial charge in [0, 0.05) is 24.5 Å². The van der Waals surface area contributed by atoms with Crippen LogP contribution >= 0.6 is 0 Å². The first-order chi connectivity index (χ1) is 7.13. The predicted octanol–water partition coefficient (Wildman–Crippen LogP) is 1.26. The van der Waals surface area contributed by atoms with E-state index in [1.54, 1.807) is 6.20 Å². The first kappa shape index (κ1) is 11.8. The lowest BCUT2D eigenvalue weighted by molar-refractivity contribution is 0.286. The van der Waals surface area contributed by atoms with Crippen molar-refractivity contribution in [2.24, 2.45) is 11.7 Å². The van der Waals surface area contributed by atoms with Crippen LogP contribution in [-0.4, -0.2) is 11.6 Å². The van der Waals surface area contributed by atoms with Crippen molar-refractivity contribution in [1.29, 1.82) is 0 Å². The van der Waals surface area contributed by atoms with Gasteiger partial charge in [-0.15, -0.1) is 0 Å². The summed E-state index contributed by atoms with van der Waals surface area (Å²) in [6.07, 6.45) is 2.52. The van der Waals surface area contributed by atoms with Crippen molar-refractivity contribution >= 4 is 0 Å². The molecule has 0 aromatic carbocycles. The monoisotopic (exact) mass is 210 g/mol. The molecule has 1 heterocycles. The number of ether oxygens (including phenoxy) is 1. The Bertz CT molecular complexity index is 358. The molecule has 0 radical (unpaired) electrons. The van der Waals surface area contributed by atoms with Crippen molar-refractivity contribution in [3.8, 4) is 5.75 Å². The maximum Gasteiger partial charge on any atom is 0.223 e. The van der Waals surface area contributed by atoms with Crippen LogP contribution in [0.5, 0.6) is 5.75 Å². The zero-order valence-electron chi connectivity index (χ0n) is 9.25. The zero-order chi connectivity index (χ0) is 11.3. The van der Waals surface area contributed by atoms with E-state index in [0.717, 1.165) is 12.1 Å². The largest absolute Gasteiger partial charge is 0.488 e. The average Bonchev–Trinajstić information content (AvgIpc) is 2.20. The molecule has 15 heavy (non-hydrogen) atoms. The fourth-order valence-electron chi connectivity index (χ4n) is 1.14. The van der Waals surface area contributed by atoms with Gasteiger partial charge in [-0.2, -0.15) is 0 Å². The maximum absolute atomic E-state index is 11.5. The standard InChI is InChI=1S/C11H18N2O2/c1-8(2)3-4-15-11-7-13-9(6-12)5-10(11)14/h5,7-8H,3-4,6,12H2,1-2H3,(H,13,14). The van der Waals surface area contributed by atoms with Gasteiger partial charge in [-0.1, -0.05) is 13.8 Å². The summed E-state index contributed by atoms with van der Waals surface area (Å²) in [5.74, 6) is 0.945. The minimum absolute atomic E-state index is 0.113. The van der Waals surface area contributed by atoms with Gasteiger partial charge in [-0.05, 0) is 12.3 Å². The van der Waals surface area contributed by atoms with Crippen LogP contribution in [0, 0.1) is 5.92 Å². The number of nitrogens with one attached hydrogen (secondary N) is 1. The first-order valence-electron chi connectivity index (χ1n) is 5.18. The Labute approximate surface area is 89.5 Å².